The van der Waals surface area contributed by atoms with Crippen molar-refractivity contribution in [1.82, 2.24) is 14.8 Å². The molecule has 0 unspecified atom stereocenters. The van der Waals surface area contributed by atoms with Crippen LogP contribution in [0.4, 0.5) is 0 Å². The summed E-state index contributed by atoms with van der Waals surface area (Å²) in [7, 11) is 0. The van der Waals surface area contributed by atoms with Gasteiger partial charge in [0.1, 0.15) is 12.2 Å². The lowest BCUT2D eigenvalue weighted by molar-refractivity contribution is 0.426. The maximum Gasteiger partial charge on any atom is 0.150 e. The Labute approximate surface area is 90.9 Å². The van der Waals surface area contributed by atoms with Crippen LogP contribution in [0.3, 0.4) is 0 Å². The molecule has 1 aliphatic rings. The molecule has 1 aliphatic carbocycles. The van der Waals surface area contributed by atoms with Crippen LogP contribution in [0.5, 0.6) is 0 Å². The molecule has 0 spiro atoms. The fourth-order valence-corrected chi connectivity index (χ4v) is 2.25. The number of rotatable bonds is 3. The molecule has 1 aromatic heterocycles. The summed E-state index contributed by atoms with van der Waals surface area (Å²) in [6.07, 6.45) is 6.97. The van der Waals surface area contributed by atoms with Crippen molar-refractivity contribution in [3.63, 3.8) is 0 Å². The molecule has 1 saturated carbocycles. The van der Waals surface area contributed by atoms with E-state index in [0.717, 1.165) is 5.82 Å². The van der Waals surface area contributed by atoms with Crippen molar-refractivity contribution < 1.29 is 0 Å². The summed E-state index contributed by atoms with van der Waals surface area (Å²) in [6, 6.07) is 0.591. The molecule has 84 valence electrons. The Kier molecular flexibility index (Phi) is 3.05. The summed E-state index contributed by atoms with van der Waals surface area (Å²) < 4.78 is 2.19. The first-order valence-corrected chi connectivity index (χ1v) is 5.85. The van der Waals surface area contributed by atoms with E-state index in [1.54, 1.807) is 0 Å². The van der Waals surface area contributed by atoms with Gasteiger partial charge in [-0.3, -0.25) is 0 Å². The van der Waals surface area contributed by atoms with Crippen molar-refractivity contribution >= 4 is 0 Å². The van der Waals surface area contributed by atoms with E-state index < -0.39 is 0 Å². The van der Waals surface area contributed by atoms with Crippen molar-refractivity contribution in [3.05, 3.63) is 12.2 Å². The largest absolute Gasteiger partial charge is 0.321 e. The Bertz CT molecular complexity index is 296. The lowest BCUT2D eigenvalue weighted by Gasteiger charge is -2.19. The van der Waals surface area contributed by atoms with Crippen LogP contribution in [-0.2, 0) is 0 Å². The number of hydrogen-bond donors (Lipinski definition) is 1. The summed E-state index contributed by atoms with van der Waals surface area (Å²) >= 11 is 0. The Balaban J connectivity index is 2.21. The smallest absolute Gasteiger partial charge is 0.150 e. The molecule has 4 nitrogen and oxygen atoms in total. The van der Waals surface area contributed by atoms with E-state index >= 15 is 0 Å². The highest BCUT2D eigenvalue weighted by Crippen LogP contribution is 2.31. The molecule has 0 radical (unpaired) electrons. The standard InChI is InChI=1S/C11H20N4/c1-8(2)10(12)11-14-13-7-15(11)9-5-3-4-6-9/h7-10H,3-6,12H2,1-2H3/t10-/m0/s1. The molecule has 0 bridgehead atoms. The van der Waals surface area contributed by atoms with Crippen molar-refractivity contribution in [2.45, 2.75) is 51.6 Å². The van der Waals surface area contributed by atoms with Crippen LogP contribution in [0.2, 0.25) is 0 Å². The number of hydrogen-bond acceptors (Lipinski definition) is 3. The Morgan fingerprint density at radius 1 is 1.40 bits per heavy atom. The number of aromatic nitrogens is 3. The average molecular weight is 208 g/mol. The van der Waals surface area contributed by atoms with Crippen LogP contribution in [0.25, 0.3) is 0 Å². The second kappa shape index (κ2) is 4.31. The van der Waals surface area contributed by atoms with Gasteiger partial charge in [0.2, 0.25) is 0 Å². The second-order valence-electron chi connectivity index (χ2n) is 4.80. The lowest BCUT2D eigenvalue weighted by atomic mass is 10.0. The minimum absolute atomic E-state index is 0.00750. The van der Waals surface area contributed by atoms with Crippen molar-refractivity contribution in [2.24, 2.45) is 11.7 Å². The summed E-state index contributed by atoms with van der Waals surface area (Å²) in [5.41, 5.74) is 6.13. The van der Waals surface area contributed by atoms with Gasteiger partial charge in [0.05, 0.1) is 6.04 Å². The molecular weight excluding hydrogens is 188 g/mol. The van der Waals surface area contributed by atoms with Gasteiger partial charge in [-0.25, -0.2) is 0 Å². The average Bonchev–Trinajstić information content (AvgIpc) is 2.86. The Morgan fingerprint density at radius 3 is 2.67 bits per heavy atom. The van der Waals surface area contributed by atoms with Crippen LogP contribution >= 0.6 is 0 Å². The highest BCUT2D eigenvalue weighted by Gasteiger charge is 2.23. The van der Waals surface area contributed by atoms with E-state index in [0.29, 0.717) is 12.0 Å². The highest BCUT2D eigenvalue weighted by molar-refractivity contribution is 4.98. The zero-order chi connectivity index (χ0) is 10.8. The SMILES string of the molecule is CC(C)[C@H](N)c1nncn1C1CCCC1. The molecule has 1 fully saturated rings. The van der Waals surface area contributed by atoms with Gasteiger partial charge >= 0.3 is 0 Å². The zero-order valence-corrected chi connectivity index (χ0v) is 9.56. The molecule has 0 saturated heterocycles. The third-order valence-corrected chi connectivity index (χ3v) is 3.34. The summed E-state index contributed by atoms with van der Waals surface area (Å²) in [5.74, 6) is 1.37. The van der Waals surface area contributed by atoms with Gasteiger partial charge in [-0.1, -0.05) is 26.7 Å². The fourth-order valence-electron chi connectivity index (χ4n) is 2.25. The highest BCUT2D eigenvalue weighted by atomic mass is 15.3. The quantitative estimate of drug-likeness (QED) is 0.827. The van der Waals surface area contributed by atoms with Crippen molar-refractivity contribution in [1.29, 1.82) is 0 Å². The predicted molar refractivity (Wildman–Crippen MR) is 59.3 cm³/mol. The molecule has 15 heavy (non-hydrogen) atoms. The molecule has 1 aromatic rings. The van der Waals surface area contributed by atoms with Gasteiger partial charge in [-0.05, 0) is 18.8 Å². The van der Waals surface area contributed by atoms with Gasteiger partial charge in [-0.2, -0.15) is 0 Å². The third-order valence-electron chi connectivity index (χ3n) is 3.34. The molecular formula is C11H20N4. The summed E-state index contributed by atoms with van der Waals surface area (Å²) in [4.78, 5) is 0. The molecule has 0 aromatic carbocycles. The minimum Gasteiger partial charge on any atom is -0.321 e. The third kappa shape index (κ3) is 2.04. The molecule has 1 atom stereocenters. The van der Waals surface area contributed by atoms with Crippen LogP contribution in [0.1, 0.15) is 57.4 Å². The maximum absolute atomic E-state index is 6.13. The Hall–Kier alpha value is -0.900. The Morgan fingerprint density at radius 2 is 2.07 bits per heavy atom. The van der Waals surface area contributed by atoms with Crippen LogP contribution in [-0.4, -0.2) is 14.8 Å². The maximum atomic E-state index is 6.13. The molecule has 4 heteroatoms. The van der Waals surface area contributed by atoms with Gasteiger partial charge in [0, 0.05) is 6.04 Å². The molecule has 2 N–H and O–H groups in total. The van der Waals surface area contributed by atoms with E-state index in [1.807, 2.05) is 6.33 Å². The fraction of sp³-hybridized carbons (Fsp3) is 0.818. The summed E-state index contributed by atoms with van der Waals surface area (Å²) in [5, 5.41) is 8.17. The topological polar surface area (TPSA) is 56.7 Å². The van der Waals surface area contributed by atoms with E-state index in [9.17, 15) is 0 Å². The normalized spacial score (nSPS) is 20.0. The first kappa shape index (κ1) is 10.6. The van der Waals surface area contributed by atoms with Crippen LogP contribution in [0.15, 0.2) is 6.33 Å². The van der Waals surface area contributed by atoms with Gasteiger partial charge < -0.3 is 10.3 Å². The summed E-state index contributed by atoms with van der Waals surface area (Å²) in [6.45, 7) is 4.25. The monoisotopic (exact) mass is 208 g/mol. The van der Waals surface area contributed by atoms with Crippen molar-refractivity contribution in [2.75, 3.05) is 0 Å². The van der Waals surface area contributed by atoms with Crippen LogP contribution in [0, 0.1) is 5.92 Å². The molecule has 2 rings (SSSR count). The predicted octanol–water partition coefficient (Wildman–Crippen LogP) is 2.05. The lowest BCUT2D eigenvalue weighted by Crippen LogP contribution is -2.22. The van der Waals surface area contributed by atoms with Gasteiger partial charge in [0.25, 0.3) is 0 Å². The first-order chi connectivity index (χ1) is 7.20. The zero-order valence-electron chi connectivity index (χ0n) is 9.56. The number of nitrogens with zero attached hydrogens (tertiary/aromatic N) is 3. The van der Waals surface area contributed by atoms with E-state index in [4.69, 9.17) is 5.73 Å². The van der Waals surface area contributed by atoms with E-state index in [1.165, 1.54) is 25.7 Å². The molecule has 0 aliphatic heterocycles. The van der Waals surface area contributed by atoms with E-state index in [-0.39, 0.29) is 6.04 Å². The second-order valence-corrected chi connectivity index (χ2v) is 4.80. The van der Waals surface area contributed by atoms with Crippen molar-refractivity contribution in [3.8, 4) is 0 Å². The number of nitrogens with two attached hydrogens (primary N) is 1. The first-order valence-electron chi connectivity index (χ1n) is 5.85. The van der Waals surface area contributed by atoms with E-state index in [2.05, 4.69) is 28.6 Å². The molecule has 1 heterocycles. The minimum atomic E-state index is 0.00750. The van der Waals surface area contributed by atoms with Gasteiger partial charge in [0.15, 0.2) is 0 Å². The van der Waals surface area contributed by atoms with Gasteiger partial charge in [-0.15, -0.1) is 10.2 Å². The van der Waals surface area contributed by atoms with Crippen LogP contribution < -0.4 is 5.73 Å². The molecule has 0 amide bonds.